The van der Waals surface area contributed by atoms with Gasteiger partial charge in [-0.1, -0.05) is 0 Å². The molecule has 5 aromatic rings. The zero-order valence-corrected chi connectivity index (χ0v) is 27.2. The van der Waals surface area contributed by atoms with Crippen molar-refractivity contribution in [2.75, 3.05) is 31.6 Å². The molecular weight excluding hydrogens is 618 g/mol. The molecule has 246 valence electrons. The van der Waals surface area contributed by atoms with Crippen LogP contribution in [0, 0.1) is 40.4 Å². The number of rotatable bonds is 8. The molecule has 49 heavy (non-hydrogen) atoms. The lowest BCUT2D eigenvalue weighted by molar-refractivity contribution is 0.0700. The molecule has 2 aliphatic carbocycles. The van der Waals surface area contributed by atoms with Gasteiger partial charge in [0.25, 0.3) is 5.91 Å². The largest absolute Gasteiger partial charge is 0.494 e. The summed E-state index contributed by atoms with van der Waals surface area (Å²) in [5.41, 5.74) is 10.8. The van der Waals surface area contributed by atoms with Crippen LogP contribution >= 0.6 is 0 Å². The molecule has 1 amide bonds. The van der Waals surface area contributed by atoms with Gasteiger partial charge in [0.15, 0.2) is 11.6 Å². The number of fused-ring (bicyclic) bond motifs is 4. The maximum Gasteiger partial charge on any atom is 0.254 e. The highest BCUT2D eigenvalue weighted by atomic mass is 16.5. The topological polar surface area (TPSA) is 168 Å². The normalized spacial score (nSPS) is 21.7. The molecule has 0 spiro atoms. The number of imidazole rings is 1. The first-order valence-electron chi connectivity index (χ1n) is 17.0. The molecule has 2 saturated heterocycles. The van der Waals surface area contributed by atoms with Gasteiger partial charge >= 0.3 is 0 Å². The maximum absolute atomic E-state index is 14.0. The van der Waals surface area contributed by atoms with Crippen LogP contribution in [0.2, 0.25) is 0 Å². The van der Waals surface area contributed by atoms with Crippen molar-refractivity contribution < 1.29 is 9.53 Å². The molecule has 0 radical (unpaired) electrons. The third kappa shape index (κ3) is 4.79. The monoisotopic (exact) mass is 653 g/mol. The van der Waals surface area contributed by atoms with E-state index < -0.39 is 0 Å². The first-order chi connectivity index (χ1) is 23.9. The molecule has 4 aliphatic rings. The summed E-state index contributed by atoms with van der Waals surface area (Å²) < 4.78 is 10.5. The van der Waals surface area contributed by atoms with Crippen LogP contribution in [0.4, 0.5) is 5.82 Å². The predicted molar refractivity (Wildman–Crippen MR) is 180 cm³/mol. The van der Waals surface area contributed by atoms with Crippen molar-refractivity contribution in [3.63, 3.8) is 0 Å². The van der Waals surface area contributed by atoms with Crippen molar-refractivity contribution in [3.8, 4) is 29.4 Å². The van der Waals surface area contributed by atoms with Gasteiger partial charge in [-0.2, -0.15) is 10.5 Å². The SMILES string of the molecule is COc1cc(C(=O)N2C[C@H]3CC[C@@H]2[C@@H]3N)cc2nc(-c3cc4cccnc4n3CC3CC3)n(CC3CN(c4nc(C#N)ncc4C#N)C3)c12. The van der Waals surface area contributed by atoms with Crippen LogP contribution in [0.15, 0.2) is 42.7 Å². The van der Waals surface area contributed by atoms with Gasteiger partial charge in [0, 0.05) is 67.9 Å². The number of nitrogens with two attached hydrogens (primary N) is 1. The molecule has 2 saturated carbocycles. The standard InChI is InChI=1S/C36H35N11O2/c1-49-29-11-24(36(48)46-19-23-6-7-27(46)31(23)39)9-26-32(29)47(18-21-15-44(16-21)34-25(12-37)14-41-30(13-38)43-34)35(42-26)28-10-22-3-2-8-40-33(22)45(28)17-20-4-5-20/h2-3,8-11,14,20-21,23,27,31H,4-7,15-19,39H2,1H3/t23-,27-,31-/m1/s1. The molecule has 9 rings (SSSR count). The number of hydrogen-bond donors (Lipinski definition) is 1. The molecular formula is C36H35N11O2. The summed E-state index contributed by atoms with van der Waals surface area (Å²) in [7, 11) is 1.64. The molecule has 13 heteroatoms. The van der Waals surface area contributed by atoms with Crippen LogP contribution in [-0.4, -0.2) is 78.7 Å². The van der Waals surface area contributed by atoms with Crippen molar-refractivity contribution in [2.45, 2.75) is 50.9 Å². The summed E-state index contributed by atoms with van der Waals surface area (Å²) in [5, 5.41) is 20.1. The number of hydrogen-bond acceptors (Lipinski definition) is 10. The number of benzene rings is 1. The van der Waals surface area contributed by atoms with Gasteiger partial charge in [-0.3, -0.25) is 4.79 Å². The fraction of sp³-hybridized carbons (Fsp3) is 0.417. The van der Waals surface area contributed by atoms with Gasteiger partial charge in [0.2, 0.25) is 5.82 Å². The van der Waals surface area contributed by atoms with E-state index in [-0.39, 0.29) is 29.7 Å². The third-order valence-corrected chi connectivity index (χ3v) is 10.9. The van der Waals surface area contributed by atoms with Gasteiger partial charge in [-0.15, -0.1) is 0 Å². The molecule has 13 nitrogen and oxygen atoms in total. The number of nitriles is 2. The molecule has 6 heterocycles. The highest BCUT2D eigenvalue weighted by molar-refractivity contribution is 6.00. The minimum Gasteiger partial charge on any atom is -0.494 e. The minimum atomic E-state index is -0.0319. The first kappa shape index (κ1) is 29.6. The van der Waals surface area contributed by atoms with E-state index in [9.17, 15) is 15.3 Å². The Balaban J connectivity index is 1.13. The number of ether oxygens (including phenoxy) is 1. The molecule has 0 unspecified atom stereocenters. The number of methoxy groups -OCH3 is 1. The number of carbonyl (C=O) groups is 1. The van der Waals surface area contributed by atoms with Crippen molar-refractivity contribution in [3.05, 3.63) is 59.7 Å². The lowest BCUT2D eigenvalue weighted by Gasteiger charge is -2.40. The number of aromatic nitrogens is 6. The maximum atomic E-state index is 14.0. The molecule has 2 N–H and O–H groups in total. The summed E-state index contributed by atoms with van der Waals surface area (Å²) in [5.74, 6) is 3.02. The third-order valence-electron chi connectivity index (χ3n) is 10.9. The summed E-state index contributed by atoms with van der Waals surface area (Å²) in [6.45, 7) is 3.44. The van der Waals surface area contributed by atoms with Gasteiger partial charge in [-0.05, 0) is 67.9 Å². The Labute approximate surface area is 282 Å². The average molecular weight is 654 g/mol. The van der Waals surface area contributed by atoms with Crippen LogP contribution < -0.4 is 15.4 Å². The highest BCUT2D eigenvalue weighted by Crippen LogP contribution is 2.41. The zero-order chi connectivity index (χ0) is 33.4. The molecule has 3 atom stereocenters. The number of pyridine rings is 1. The Morgan fingerprint density at radius 1 is 1.00 bits per heavy atom. The second kappa shape index (κ2) is 11.3. The summed E-state index contributed by atoms with van der Waals surface area (Å²) in [6.07, 6.45) is 7.65. The Bertz CT molecular complexity index is 2230. The van der Waals surface area contributed by atoms with E-state index in [1.54, 1.807) is 7.11 Å². The van der Waals surface area contributed by atoms with Crippen LogP contribution in [0.3, 0.4) is 0 Å². The first-order valence-corrected chi connectivity index (χ1v) is 17.0. The van der Waals surface area contributed by atoms with Gasteiger partial charge < -0.3 is 29.4 Å². The van der Waals surface area contributed by atoms with E-state index >= 15 is 0 Å². The van der Waals surface area contributed by atoms with Crippen LogP contribution in [0.5, 0.6) is 5.75 Å². The number of anilines is 1. The van der Waals surface area contributed by atoms with Crippen molar-refractivity contribution in [2.24, 2.45) is 23.5 Å². The summed E-state index contributed by atoms with van der Waals surface area (Å²) >= 11 is 0. The van der Waals surface area contributed by atoms with Crippen LogP contribution in [0.1, 0.15) is 47.4 Å². The number of nitrogens with zero attached hydrogens (tertiary/aromatic N) is 10. The van der Waals surface area contributed by atoms with Gasteiger partial charge in [0.05, 0.1) is 24.5 Å². The molecule has 1 aromatic carbocycles. The number of amides is 1. The number of carbonyl (C=O) groups excluding carboxylic acids is 1. The Hall–Kier alpha value is -5.53. The van der Waals surface area contributed by atoms with E-state index in [0.717, 1.165) is 47.5 Å². The summed E-state index contributed by atoms with van der Waals surface area (Å²) in [4.78, 5) is 36.3. The lowest BCUT2D eigenvalue weighted by atomic mass is 9.99. The van der Waals surface area contributed by atoms with E-state index in [1.165, 1.54) is 19.0 Å². The molecule has 2 bridgehead atoms. The predicted octanol–water partition coefficient (Wildman–Crippen LogP) is 3.70. The van der Waals surface area contributed by atoms with Crippen molar-refractivity contribution >= 4 is 33.8 Å². The zero-order valence-electron chi connectivity index (χ0n) is 27.2. The Morgan fingerprint density at radius 3 is 2.55 bits per heavy atom. The molecule has 2 aliphatic heterocycles. The van der Waals surface area contributed by atoms with E-state index in [1.807, 2.05) is 40.3 Å². The Morgan fingerprint density at radius 2 is 1.84 bits per heavy atom. The van der Waals surface area contributed by atoms with E-state index in [2.05, 4.69) is 37.3 Å². The second-order valence-corrected chi connectivity index (χ2v) is 14.0. The fourth-order valence-electron chi connectivity index (χ4n) is 8.21. The van der Waals surface area contributed by atoms with Crippen molar-refractivity contribution in [1.29, 1.82) is 10.5 Å². The minimum absolute atomic E-state index is 0.0301. The average Bonchev–Trinajstić information content (AvgIpc) is 3.47. The quantitative estimate of drug-likeness (QED) is 0.261. The molecule has 4 aromatic heterocycles. The van der Waals surface area contributed by atoms with Gasteiger partial charge in [-0.25, -0.2) is 19.9 Å². The van der Waals surface area contributed by atoms with Crippen LogP contribution in [0.25, 0.3) is 33.6 Å². The van der Waals surface area contributed by atoms with E-state index in [4.69, 9.17) is 20.4 Å². The second-order valence-electron chi connectivity index (χ2n) is 14.0. The number of likely N-dealkylation sites (tertiary alicyclic amines) is 1. The Kier molecular flexibility index (Phi) is 6.81. The van der Waals surface area contributed by atoms with E-state index in [0.29, 0.717) is 66.2 Å². The van der Waals surface area contributed by atoms with Crippen molar-refractivity contribution in [1.82, 2.24) is 34.0 Å². The smallest absolute Gasteiger partial charge is 0.254 e. The van der Waals surface area contributed by atoms with Gasteiger partial charge in [0.1, 0.15) is 34.6 Å². The summed E-state index contributed by atoms with van der Waals surface area (Å²) in [6, 6.07) is 14.2. The highest BCUT2D eigenvalue weighted by Gasteiger charge is 2.47. The fourth-order valence-corrected chi connectivity index (χ4v) is 8.21. The lowest BCUT2D eigenvalue weighted by Crippen LogP contribution is -2.49. The molecule has 4 fully saturated rings. The van der Waals surface area contributed by atoms with Crippen LogP contribution in [-0.2, 0) is 13.1 Å². The number of piperidine rings is 1.